The molecule has 0 spiro atoms. The zero-order valence-corrected chi connectivity index (χ0v) is 9.69. The number of nitrogens with one attached hydrogen (secondary N) is 1. The van der Waals surface area contributed by atoms with E-state index < -0.39 is 0 Å². The minimum absolute atomic E-state index is 0.144. The topological polar surface area (TPSA) is 48.3 Å². The molecule has 1 aliphatic rings. The van der Waals surface area contributed by atoms with Crippen molar-refractivity contribution in [3.8, 4) is 0 Å². The molecule has 1 aromatic heterocycles. The molecule has 1 aliphatic heterocycles. The number of ether oxygens (including phenoxy) is 2. The van der Waals surface area contributed by atoms with Crippen LogP contribution in [-0.4, -0.2) is 42.0 Å². The van der Waals surface area contributed by atoms with Gasteiger partial charge in [0.15, 0.2) is 0 Å². The van der Waals surface area contributed by atoms with E-state index in [1.807, 2.05) is 12.4 Å². The monoisotopic (exact) mass is 225 g/mol. The van der Waals surface area contributed by atoms with Crippen LogP contribution in [0.15, 0.2) is 12.4 Å². The lowest BCUT2D eigenvalue weighted by molar-refractivity contribution is -0.0934. The van der Waals surface area contributed by atoms with Gasteiger partial charge in [-0.3, -0.25) is 0 Å². The average Bonchev–Trinajstić information content (AvgIpc) is 2.75. The van der Waals surface area contributed by atoms with E-state index in [1.165, 1.54) is 0 Å². The maximum absolute atomic E-state index is 5.61. The van der Waals surface area contributed by atoms with Crippen molar-refractivity contribution in [2.75, 3.05) is 31.7 Å². The smallest absolute Gasteiger partial charge is 0.202 e. The molecule has 1 aromatic rings. The number of imidazole rings is 1. The van der Waals surface area contributed by atoms with Crippen molar-refractivity contribution in [2.45, 2.75) is 26.0 Å². The van der Waals surface area contributed by atoms with Gasteiger partial charge in [-0.1, -0.05) is 6.92 Å². The SMILES string of the molecule is CCCNc1nccn1CC1COCCO1. The molecular formula is C11H19N3O2. The zero-order chi connectivity index (χ0) is 11.2. The number of hydrogen-bond acceptors (Lipinski definition) is 4. The van der Waals surface area contributed by atoms with Crippen LogP contribution in [0.4, 0.5) is 5.95 Å². The quantitative estimate of drug-likeness (QED) is 0.815. The molecule has 16 heavy (non-hydrogen) atoms. The van der Waals surface area contributed by atoms with Gasteiger partial charge < -0.3 is 19.4 Å². The van der Waals surface area contributed by atoms with E-state index in [1.54, 1.807) is 0 Å². The first kappa shape index (κ1) is 11.4. The third kappa shape index (κ3) is 2.96. The molecule has 2 rings (SSSR count). The molecular weight excluding hydrogens is 206 g/mol. The van der Waals surface area contributed by atoms with E-state index in [4.69, 9.17) is 9.47 Å². The Morgan fingerprint density at radius 1 is 1.56 bits per heavy atom. The van der Waals surface area contributed by atoms with E-state index in [2.05, 4.69) is 21.8 Å². The maximum Gasteiger partial charge on any atom is 0.202 e. The molecule has 0 amide bonds. The lowest BCUT2D eigenvalue weighted by Gasteiger charge is -2.23. The van der Waals surface area contributed by atoms with Crippen LogP contribution < -0.4 is 5.32 Å². The van der Waals surface area contributed by atoms with Gasteiger partial charge in [0.1, 0.15) is 0 Å². The summed E-state index contributed by atoms with van der Waals surface area (Å²) in [4.78, 5) is 4.27. The third-order valence-electron chi connectivity index (χ3n) is 2.53. The molecule has 0 saturated carbocycles. The lowest BCUT2D eigenvalue weighted by atomic mass is 10.3. The van der Waals surface area contributed by atoms with E-state index >= 15 is 0 Å². The standard InChI is InChI=1S/C11H19N3O2/c1-2-3-12-11-13-4-5-14(11)8-10-9-15-6-7-16-10/h4-5,10H,2-3,6-9H2,1H3,(H,12,13). The van der Waals surface area contributed by atoms with Crippen molar-refractivity contribution in [2.24, 2.45) is 0 Å². The van der Waals surface area contributed by atoms with Gasteiger partial charge >= 0.3 is 0 Å². The molecule has 1 saturated heterocycles. The van der Waals surface area contributed by atoms with Gasteiger partial charge in [0.25, 0.3) is 0 Å². The van der Waals surface area contributed by atoms with E-state index in [9.17, 15) is 0 Å². The second-order valence-electron chi connectivity index (χ2n) is 3.90. The predicted molar refractivity (Wildman–Crippen MR) is 61.6 cm³/mol. The van der Waals surface area contributed by atoms with Gasteiger partial charge in [-0.05, 0) is 6.42 Å². The molecule has 5 heteroatoms. The van der Waals surface area contributed by atoms with E-state index in [0.29, 0.717) is 19.8 Å². The summed E-state index contributed by atoms with van der Waals surface area (Å²) in [6.07, 6.45) is 5.01. The number of nitrogens with zero attached hydrogens (tertiary/aromatic N) is 2. The van der Waals surface area contributed by atoms with Crippen LogP contribution in [0, 0.1) is 0 Å². The first-order valence-corrected chi connectivity index (χ1v) is 5.84. The molecule has 1 N–H and O–H groups in total. The molecule has 90 valence electrons. The highest BCUT2D eigenvalue weighted by molar-refractivity contribution is 5.25. The molecule has 2 heterocycles. The van der Waals surface area contributed by atoms with Crippen LogP contribution >= 0.6 is 0 Å². The fraction of sp³-hybridized carbons (Fsp3) is 0.727. The third-order valence-corrected chi connectivity index (χ3v) is 2.53. The summed E-state index contributed by atoms with van der Waals surface area (Å²) < 4.78 is 13.1. The highest BCUT2D eigenvalue weighted by Gasteiger charge is 2.16. The molecule has 0 bridgehead atoms. The Kier molecular flexibility index (Phi) is 4.18. The van der Waals surface area contributed by atoms with Gasteiger partial charge in [0, 0.05) is 18.9 Å². The Morgan fingerprint density at radius 3 is 3.25 bits per heavy atom. The fourth-order valence-electron chi connectivity index (χ4n) is 1.72. The average molecular weight is 225 g/mol. The van der Waals surface area contributed by atoms with Gasteiger partial charge in [-0.25, -0.2) is 4.98 Å². The summed E-state index contributed by atoms with van der Waals surface area (Å²) in [6, 6.07) is 0. The minimum Gasteiger partial charge on any atom is -0.376 e. The Balaban J connectivity index is 1.89. The van der Waals surface area contributed by atoms with Gasteiger partial charge in [0.2, 0.25) is 5.95 Å². The normalized spacial score (nSPS) is 20.9. The van der Waals surface area contributed by atoms with Crippen molar-refractivity contribution >= 4 is 5.95 Å². The second-order valence-corrected chi connectivity index (χ2v) is 3.90. The van der Waals surface area contributed by atoms with Crippen molar-refractivity contribution in [3.05, 3.63) is 12.4 Å². The highest BCUT2D eigenvalue weighted by atomic mass is 16.6. The molecule has 0 aliphatic carbocycles. The summed E-state index contributed by atoms with van der Waals surface area (Å²) in [5, 5.41) is 3.29. The zero-order valence-electron chi connectivity index (χ0n) is 9.69. The van der Waals surface area contributed by atoms with Gasteiger partial charge in [-0.15, -0.1) is 0 Å². The Hall–Kier alpha value is -1.07. The number of anilines is 1. The number of hydrogen-bond donors (Lipinski definition) is 1. The summed E-state index contributed by atoms with van der Waals surface area (Å²) in [5.74, 6) is 0.913. The van der Waals surface area contributed by atoms with Crippen LogP contribution in [0.2, 0.25) is 0 Å². The highest BCUT2D eigenvalue weighted by Crippen LogP contribution is 2.09. The van der Waals surface area contributed by atoms with E-state index in [-0.39, 0.29) is 6.10 Å². The van der Waals surface area contributed by atoms with Crippen LogP contribution in [-0.2, 0) is 16.0 Å². The summed E-state index contributed by atoms with van der Waals surface area (Å²) in [6.45, 7) is 5.95. The minimum atomic E-state index is 0.144. The van der Waals surface area contributed by atoms with Gasteiger partial charge in [0.05, 0.1) is 32.5 Å². The van der Waals surface area contributed by atoms with Crippen molar-refractivity contribution in [3.63, 3.8) is 0 Å². The molecule has 1 atom stereocenters. The first-order chi connectivity index (χ1) is 7.90. The van der Waals surface area contributed by atoms with Crippen molar-refractivity contribution in [1.82, 2.24) is 9.55 Å². The van der Waals surface area contributed by atoms with Crippen molar-refractivity contribution < 1.29 is 9.47 Å². The van der Waals surface area contributed by atoms with E-state index in [0.717, 1.165) is 25.5 Å². The van der Waals surface area contributed by atoms with Gasteiger partial charge in [-0.2, -0.15) is 0 Å². The summed E-state index contributed by atoms with van der Waals surface area (Å²) >= 11 is 0. The Morgan fingerprint density at radius 2 is 2.50 bits per heavy atom. The van der Waals surface area contributed by atoms with Crippen LogP contribution in [0.3, 0.4) is 0 Å². The van der Waals surface area contributed by atoms with Crippen LogP contribution in [0.5, 0.6) is 0 Å². The Labute approximate surface area is 95.8 Å². The Bertz CT molecular complexity index is 308. The number of rotatable bonds is 5. The largest absolute Gasteiger partial charge is 0.376 e. The predicted octanol–water partition coefficient (Wildman–Crippen LogP) is 1.12. The molecule has 1 fully saturated rings. The molecule has 0 radical (unpaired) electrons. The van der Waals surface area contributed by atoms with Crippen molar-refractivity contribution in [1.29, 1.82) is 0 Å². The van der Waals surface area contributed by atoms with Crippen LogP contribution in [0.1, 0.15) is 13.3 Å². The van der Waals surface area contributed by atoms with Crippen LogP contribution in [0.25, 0.3) is 0 Å². The molecule has 0 aromatic carbocycles. The number of aromatic nitrogens is 2. The summed E-state index contributed by atoms with van der Waals surface area (Å²) in [5.41, 5.74) is 0. The maximum atomic E-state index is 5.61. The fourth-order valence-corrected chi connectivity index (χ4v) is 1.72. The first-order valence-electron chi connectivity index (χ1n) is 5.84. The molecule has 5 nitrogen and oxygen atoms in total. The second kappa shape index (κ2) is 5.86. The summed E-state index contributed by atoms with van der Waals surface area (Å²) in [7, 11) is 0. The molecule has 1 unspecified atom stereocenters. The lowest BCUT2D eigenvalue weighted by Crippen LogP contribution is -2.32.